The average molecular weight is 301 g/mol. The van der Waals surface area contributed by atoms with E-state index in [1.807, 2.05) is 6.07 Å². The van der Waals surface area contributed by atoms with Crippen LogP contribution < -0.4 is 10.2 Å². The molecule has 1 aliphatic rings. The third kappa shape index (κ3) is 3.71. The fourth-order valence-electron chi connectivity index (χ4n) is 2.38. The molecule has 1 heterocycles. The molecular formula is C14H21ClN2OS. The Morgan fingerprint density at radius 2 is 2.11 bits per heavy atom. The van der Waals surface area contributed by atoms with Gasteiger partial charge in [-0.15, -0.1) is 0 Å². The highest BCUT2D eigenvalue weighted by atomic mass is 35.5. The van der Waals surface area contributed by atoms with Crippen LogP contribution in [0.2, 0.25) is 5.02 Å². The molecule has 0 amide bonds. The highest BCUT2D eigenvalue weighted by Crippen LogP contribution is 2.28. The van der Waals surface area contributed by atoms with Gasteiger partial charge in [-0.3, -0.25) is 4.21 Å². The molecule has 0 aromatic heterocycles. The van der Waals surface area contributed by atoms with Crippen molar-refractivity contribution in [3.63, 3.8) is 0 Å². The molecule has 1 unspecified atom stereocenters. The van der Waals surface area contributed by atoms with Crippen molar-refractivity contribution in [2.24, 2.45) is 0 Å². The lowest BCUT2D eigenvalue weighted by atomic mass is 10.1. The number of anilines is 1. The number of halogens is 1. The van der Waals surface area contributed by atoms with Gasteiger partial charge in [-0.1, -0.05) is 24.6 Å². The van der Waals surface area contributed by atoms with Crippen molar-refractivity contribution in [3.8, 4) is 0 Å². The number of nitrogens with zero attached hydrogens (tertiary/aromatic N) is 1. The Kier molecular flexibility index (Phi) is 5.25. The second kappa shape index (κ2) is 6.73. The monoisotopic (exact) mass is 300 g/mol. The molecule has 2 rings (SSSR count). The molecule has 19 heavy (non-hydrogen) atoms. The summed E-state index contributed by atoms with van der Waals surface area (Å²) in [7, 11) is -0.639. The number of benzene rings is 1. The van der Waals surface area contributed by atoms with Crippen LogP contribution in [0.15, 0.2) is 18.2 Å². The lowest BCUT2D eigenvalue weighted by molar-refractivity contribution is 0.598. The Morgan fingerprint density at radius 1 is 1.42 bits per heavy atom. The van der Waals surface area contributed by atoms with Gasteiger partial charge in [0.25, 0.3) is 0 Å². The predicted octanol–water partition coefficient (Wildman–Crippen LogP) is 2.58. The lowest BCUT2D eigenvalue weighted by Crippen LogP contribution is -2.37. The van der Waals surface area contributed by atoms with Gasteiger partial charge < -0.3 is 10.2 Å². The molecular weight excluding hydrogens is 280 g/mol. The first-order chi connectivity index (χ1) is 9.11. The number of nitrogens with one attached hydrogen (secondary N) is 1. The van der Waals surface area contributed by atoms with Gasteiger partial charge in [0.05, 0.1) is 0 Å². The summed E-state index contributed by atoms with van der Waals surface area (Å²) in [5.41, 5.74) is 2.27. The van der Waals surface area contributed by atoms with Crippen LogP contribution in [0, 0.1) is 0 Å². The minimum Gasteiger partial charge on any atom is -0.370 e. The summed E-state index contributed by atoms with van der Waals surface area (Å²) in [5, 5.41) is 4.17. The fraction of sp³-hybridized carbons (Fsp3) is 0.571. The molecule has 5 heteroatoms. The van der Waals surface area contributed by atoms with Gasteiger partial charge in [0.15, 0.2) is 0 Å². The maximum absolute atomic E-state index is 11.4. The van der Waals surface area contributed by atoms with E-state index in [1.54, 1.807) is 0 Å². The second-order valence-electron chi connectivity index (χ2n) is 4.82. The van der Waals surface area contributed by atoms with E-state index in [0.717, 1.165) is 47.4 Å². The smallest absolute Gasteiger partial charge is 0.0474 e. The minimum atomic E-state index is -0.639. The van der Waals surface area contributed by atoms with E-state index in [4.69, 9.17) is 11.6 Å². The van der Waals surface area contributed by atoms with Crippen LogP contribution in [0.25, 0.3) is 0 Å². The van der Waals surface area contributed by atoms with Crippen molar-refractivity contribution in [1.82, 2.24) is 5.32 Å². The molecule has 0 radical (unpaired) electrons. The van der Waals surface area contributed by atoms with E-state index in [2.05, 4.69) is 36.2 Å². The highest BCUT2D eigenvalue weighted by Gasteiger charge is 2.17. The molecule has 3 nitrogen and oxygen atoms in total. The average Bonchev–Trinajstić information content (AvgIpc) is 2.39. The summed E-state index contributed by atoms with van der Waals surface area (Å²) in [6.07, 6.45) is 0. The van der Waals surface area contributed by atoms with Crippen LogP contribution in [0.4, 0.5) is 5.69 Å². The lowest BCUT2D eigenvalue weighted by Gasteiger charge is -2.29. The minimum absolute atomic E-state index is 0.264. The van der Waals surface area contributed by atoms with Gasteiger partial charge in [-0.2, -0.15) is 0 Å². The zero-order chi connectivity index (χ0) is 13.8. The molecule has 1 aliphatic heterocycles. The number of rotatable bonds is 4. The van der Waals surface area contributed by atoms with Crippen LogP contribution in [-0.2, 0) is 10.8 Å². The van der Waals surface area contributed by atoms with Crippen LogP contribution in [0.1, 0.15) is 25.5 Å². The fourth-order valence-corrected chi connectivity index (χ4v) is 3.77. The molecule has 1 aromatic carbocycles. The SMILES string of the molecule is CCNC(C)c1ccc(N2CCS(=O)CC2)cc1Cl. The van der Waals surface area contributed by atoms with E-state index in [1.165, 1.54) is 0 Å². The van der Waals surface area contributed by atoms with Crippen LogP contribution in [0.3, 0.4) is 0 Å². The van der Waals surface area contributed by atoms with Gasteiger partial charge in [-0.25, -0.2) is 0 Å². The Hall–Kier alpha value is -0.580. The van der Waals surface area contributed by atoms with E-state index in [-0.39, 0.29) is 6.04 Å². The third-order valence-electron chi connectivity index (χ3n) is 3.50. The van der Waals surface area contributed by atoms with E-state index >= 15 is 0 Å². The number of hydrogen-bond donors (Lipinski definition) is 1. The van der Waals surface area contributed by atoms with Gasteiger partial charge >= 0.3 is 0 Å². The normalized spacial score (nSPS) is 18.6. The van der Waals surface area contributed by atoms with Gasteiger partial charge in [0.1, 0.15) is 0 Å². The van der Waals surface area contributed by atoms with Crippen molar-refractivity contribution in [3.05, 3.63) is 28.8 Å². The topological polar surface area (TPSA) is 32.3 Å². The summed E-state index contributed by atoms with van der Waals surface area (Å²) < 4.78 is 11.4. The molecule has 1 N–H and O–H groups in total. The van der Waals surface area contributed by atoms with Crippen molar-refractivity contribution in [1.29, 1.82) is 0 Å². The van der Waals surface area contributed by atoms with Crippen molar-refractivity contribution in [2.45, 2.75) is 19.9 Å². The number of hydrogen-bond acceptors (Lipinski definition) is 3. The van der Waals surface area contributed by atoms with Gasteiger partial charge in [0, 0.05) is 52.1 Å². The van der Waals surface area contributed by atoms with Crippen molar-refractivity contribution < 1.29 is 4.21 Å². The van der Waals surface area contributed by atoms with Crippen LogP contribution in [-0.4, -0.2) is 35.3 Å². The Morgan fingerprint density at radius 3 is 2.68 bits per heavy atom. The molecule has 1 saturated heterocycles. The Bertz CT molecular complexity index is 457. The van der Waals surface area contributed by atoms with Gasteiger partial charge in [-0.05, 0) is 31.2 Å². The largest absolute Gasteiger partial charge is 0.370 e. The maximum atomic E-state index is 11.4. The molecule has 0 saturated carbocycles. The first kappa shape index (κ1) is 14.8. The Balaban J connectivity index is 2.12. The van der Waals surface area contributed by atoms with E-state index < -0.39 is 10.8 Å². The molecule has 0 aliphatic carbocycles. The molecule has 0 spiro atoms. The second-order valence-corrected chi connectivity index (χ2v) is 6.92. The zero-order valence-corrected chi connectivity index (χ0v) is 13.1. The Labute approximate surface area is 122 Å². The van der Waals surface area contributed by atoms with Crippen LogP contribution in [0.5, 0.6) is 0 Å². The van der Waals surface area contributed by atoms with E-state index in [9.17, 15) is 4.21 Å². The molecule has 1 fully saturated rings. The summed E-state index contributed by atoms with van der Waals surface area (Å²) in [6, 6.07) is 6.50. The molecule has 106 valence electrons. The van der Waals surface area contributed by atoms with E-state index in [0.29, 0.717) is 0 Å². The summed E-state index contributed by atoms with van der Waals surface area (Å²) >= 11 is 6.38. The molecule has 1 aromatic rings. The zero-order valence-electron chi connectivity index (χ0n) is 11.5. The van der Waals surface area contributed by atoms with Crippen LogP contribution >= 0.6 is 11.6 Å². The summed E-state index contributed by atoms with van der Waals surface area (Å²) in [5.74, 6) is 1.51. The first-order valence-corrected chi connectivity index (χ1v) is 8.61. The molecule has 0 bridgehead atoms. The summed E-state index contributed by atoms with van der Waals surface area (Å²) in [4.78, 5) is 2.26. The van der Waals surface area contributed by atoms with Gasteiger partial charge in [0.2, 0.25) is 0 Å². The first-order valence-electron chi connectivity index (χ1n) is 6.74. The standard InChI is InChI=1S/C14H21ClN2OS/c1-3-16-11(2)13-5-4-12(10-14(13)15)17-6-8-19(18)9-7-17/h4-5,10-11,16H,3,6-9H2,1-2H3. The summed E-state index contributed by atoms with van der Waals surface area (Å²) in [6.45, 7) is 6.84. The maximum Gasteiger partial charge on any atom is 0.0474 e. The predicted molar refractivity (Wildman–Crippen MR) is 83.6 cm³/mol. The third-order valence-corrected chi connectivity index (χ3v) is 5.11. The molecule has 1 atom stereocenters. The quantitative estimate of drug-likeness (QED) is 0.927. The van der Waals surface area contributed by atoms with Crippen molar-refractivity contribution >= 4 is 28.1 Å². The van der Waals surface area contributed by atoms with Crippen molar-refractivity contribution in [2.75, 3.05) is 36.0 Å². The highest BCUT2D eigenvalue weighted by molar-refractivity contribution is 7.85.